The molecule has 0 fully saturated rings. The van der Waals surface area contributed by atoms with Crippen molar-refractivity contribution in [3.8, 4) is 5.69 Å². The minimum atomic E-state index is -0.00411. The van der Waals surface area contributed by atoms with Crippen LogP contribution in [-0.4, -0.2) is 22.2 Å². The number of carbonyl (C=O) groups excluding carboxylic acids is 1. The Morgan fingerprint density at radius 3 is 2.55 bits per heavy atom. The van der Waals surface area contributed by atoms with Gasteiger partial charge in [0.1, 0.15) is 0 Å². The van der Waals surface area contributed by atoms with Crippen LogP contribution in [0.15, 0.2) is 42.5 Å². The Morgan fingerprint density at radius 2 is 1.76 bits per heavy atom. The average Bonchev–Trinajstić information content (AvgIpc) is 3.31. The molecule has 5 nitrogen and oxygen atoms in total. The van der Waals surface area contributed by atoms with Gasteiger partial charge < -0.3 is 10.6 Å². The molecule has 0 saturated heterocycles. The second kappa shape index (κ2) is 7.56. The fraction of sp³-hybridized carbons (Fsp3) is 0.304. The van der Waals surface area contributed by atoms with E-state index in [0.717, 1.165) is 60.3 Å². The normalized spacial score (nSPS) is 14.9. The van der Waals surface area contributed by atoms with Gasteiger partial charge in [0, 0.05) is 29.2 Å². The molecule has 1 aliphatic heterocycles. The van der Waals surface area contributed by atoms with Gasteiger partial charge in [-0.15, -0.1) is 12.4 Å². The lowest BCUT2D eigenvalue weighted by molar-refractivity contribution is 0.0979. The first-order valence-electron chi connectivity index (χ1n) is 10.0. The van der Waals surface area contributed by atoms with Crippen LogP contribution in [0.1, 0.15) is 45.7 Å². The van der Waals surface area contributed by atoms with Crippen molar-refractivity contribution in [3.05, 3.63) is 70.5 Å². The summed E-state index contributed by atoms with van der Waals surface area (Å²) < 4.78 is 1.97. The van der Waals surface area contributed by atoms with Crippen LogP contribution in [0.3, 0.4) is 0 Å². The van der Waals surface area contributed by atoms with Crippen molar-refractivity contribution >= 4 is 29.7 Å². The third kappa shape index (κ3) is 3.19. The zero-order valence-electron chi connectivity index (χ0n) is 16.5. The van der Waals surface area contributed by atoms with E-state index in [0.29, 0.717) is 12.2 Å². The first-order valence-corrected chi connectivity index (χ1v) is 10.0. The fourth-order valence-electron chi connectivity index (χ4n) is 4.50. The summed E-state index contributed by atoms with van der Waals surface area (Å²) in [7, 11) is 0. The highest BCUT2D eigenvalue weighted by atomic mass is 35.5. The maximum Gasteiger partial charge on any atom is 0.279 e. The number of hydrogen-bond acceptors (Lipinski definition) is 3. The number of aromatic nitrogens is 2. The molecular weight excluding hydrogens is 384 g/mol. The average molecular weight is 409 g/mol. The van der Waals surface area contributed by atoms with E-state index in [9.17, 15) is 4.79 Å². The summed E-state index contributed by atoms with van der Waals surface area (Å²) >= 11 is 0. The van der Waals surface area contributed by atoms with Gasteiger partial charge in [-0.05, 0) is 68.9 Å². The van der Waals surface area contributed by atoms with Gasteiger partial charge in [-0.2, -0.15) is 5.10 Å². The van der Waals surface area contributed by atoms with Crippen molar-refractivity contribution in [3.63, 3.8) is 0 Å². The SMILES string of the molecule is Cc1ccc(-n2nc(C(=O)N3CCCc4c(N)cccc43)c3c2CCC3)cc1.Cl. The Bertz CT molecular complexity index is 1070. The second-order valence-electron chi connectivity index (χ2n) is 7.78. The molecule has 0 spiro atoms. The minimum absolute atomic E-state index is 0. The predicted octanol–water partition coefficient (Wildman–Crippen LogP) is 4.27. The number of halogens is 1. The summed E-state index contributed by atoms with van der Waals surface area (Å²) in [6.07, 6.45) is 4.80. The predicted molar refractivity (Wildman–Crippen MR) is 118 cm³/mol. The first-order chi connectivity index (χ1) is 13.6. The Morgan fingerprint density at radius 1 is 1.00 bits per heavy atom. The van der Waals surface area contributed by atoms with Gasteiger partial charge in [0.15, 0.2) is 5.69 Å². The molecule has 29 heavy (non-hydrogen) atoms. The quantitative estimate of drug-likeness (QED) is 0.644. The largest absolute Gasteiger partial charge is 0.398 e. The van der Waals surface area contributed by atoms with E-state index in [-0.39, 0.29) is 18.3 Å². The van der Waals surface area contributed by atoms with Gasteiger partial charge in [-0.25, -0.2) is 4.68 Å². The zero-order valence-corrected chi connectivity index (χ0v) is 17.3. The summed E-state index contributed by atoms with van der Waals surface area (Å²) in [6, 6.07) is 14.2. The van der Waals surface area contributed by atoms with Gasteiger partial charge in [0.25, 0.3) is 5.91 Å². The van der Waals surface area contributed by atoms with E-state index < -0.39 is 0 Å². The molecule has 1 amide bonds. The van der Waals surface area contributed by atoms with E-state index in [1.807, 2.05) is 27.8 Å². The van der Waals surface area contributed by atoms with Crippen LogP contribution in [0.4, 0.5) is 11.4 Å². The second-order valence-corrected chi connectivity index (χ2v) is 7.78. The number of nitrogen functional groups attached to an aromatic ring is 1. The smallest absolute Gasteiger partial charge is 0.279 e. The highest BCUT2D eigenvalue weighted by Gasteiger charge is 2.32. The van der Waals surface area contributed by atoms with E-state index in [1.54, 1.807) is 0 Å². The molecule has 2 aliphatic rings. The minimum Gasteiger partial charge on any atom is -0.398 e. The molecule has 2 aromatic carbocycles. The maximum absolute atomic E-state index is 13.5. The molecule has 6 heteroatoms. The lowest BCUT2D eigenvalue weighted by atomic mass is 9.99. The highest BCUT2D eigenvalue weighted by molar-refractivity contribution is 6.07. The van der Waals surface area contributed by atoms with Crippen molar-refractivity contribution in [2.75, 3.05) is 17.2 Å². The lowest BCUT2D eigenvalue weighted by Crippen LogP contribution is -2.36. The van der Waals surface area contributed by atoms with Crippen LogP contribution in [0.25, 0.3) is 5.69 Å². The van der Waals surface area contributed by atoms with Gasteiger partial charge in [0.05, 0.1) is 5.69 Å². The molecule has 5 rings (SSSR count). The number of benzene rings is 2. The van der Waals surface area contributed by atoms with Crippen molar-refractivity contribution in [2.45, 2.75) is 39.0 Å². The standard InChI is InChI=1S/C23H24N4O.ClH/c1-15-10-12-16(13-11-15)27-21-9-2-5-18(21)22(25-27)23(28)26-14-4-6-17-19(24)7-3-8-20(17)26;/h3,7-8,10-13H,2,4-6,9,14,24H2,1H3;1H. The lowest BCUT2D eigenvalue weighted by Gasteiger charge is -2.30. The summed E-state index contributed by atoms with van der Waals surface area (Å²) in [4.78, 5) is 15.4. The topological polar surface area (TPSA) is 64.2 Å². The molecule has 0 unspecified atom stereocenters. The molecule has 1 aliphatic carbocycles. The van der Waals surface area contributed by atoms with E-state index >= 15 is 0 Å². The summed E-state index contributed by atoms with van der Waals surface area (Å²) in [5.41, 5.74) is 14.1. The number of carbonyl (C=O) groups is 1. The van der Waals surface area contributed by atoms with Gasteiger partial charge in [0.2, 0.25) is 0 Å². The van der Waals surface area contributed by atoms with Crippen molar-refractivity contribution in [1.82, 2.24) is 9.78 Å². The third-order valence-corrected chi connectivity index (χ3v) is 5.94. The molecule has 0 bridgehead atoms. The summed E-state index contributed by atoms with van der Waals surface area (Å²) in [6.45, 7) is 2.78. The number of anilines is 2. The van der Waals surface area contributed by atoms with Crippen LogP contribution in [0.5, 0.6) is 0 Å². The number of fused-ring (bicyclic) bond motifs is 2. The fourth-order valence-corrected chi connectivity index (χ4v) is 4.50. The number of aryl methyl sites for hydroxylation is 1. The third-order valence-electron chi connectivity index (χ3n) is 5.94. The molecule has 2 heterocycles. The Hall–Kier alpha value is -2.79. The molecule has 150 valence electrons. The van der Waals surface area contributed by atoms with Crippen LogP contribution >= 0.6 is 12.4 Å². The molecule has 2 N–H and O–H groups in total. The van der Waals surface area contributed by atoms with E-state index in [1.165, 1.54) is 11.3 Å². The van der Waals surface area contributed by atoms with Gasteiger partial charge >= 0.3 is 0 Å². The van der Waals surface area contributed by atoms with Gasteiger partial charge in [-0.3, -0.25) is 4.79 Å². The molecule has 0 atom stereocenters. The Labute approximate surface area is 176 Å². The molecule has 3 aromatic rings. The van der Waals surface area contributed by atoms with Crippen molar-refractivity contribution < 1.29 is 4.79 Å². The number of hydrogen-bond donors (Lipinski definition) is 1. The van der Waals surface area contributed by atoms with E-state index in [4.69, 9.17) is 10.8 Å². The zero-order chi connectivity index (χ0) is 19.3. The van der Waals surface area contributed by atoms with Gasteiger partial charge in [-0.1, -0.05) is 23.8 Å². The number of amides is 1. The summed E-state index contributed by atoms with van der Waals surface area (Å²) in [5.74, 6) is -0.00411. The molecule has 1 aromatic heterocycles. The summed E-state index contributed by atoms with van der Waals surface area (Å²) in [5, 5.41) is 4.80. The van der Waals surface area contributed by atoms with Crippen molar-refractivity contribution in [1.29, 1.82) is 0 Å². The monoisotopic (exact) mass is 408 g/mol. The first kappa shape index (κ1) is 19.5. The van der Waals surface area contributed by atoms with E-state index in [2.05, 4.69) is 31.2 Å². The maximum atomic E-state index is 13.5. The van der Waals surface area contributed by atoms with Crippen LogP contribution in [-0.2, 0) is 19.3 Å². The van der Waals surface area contributed by atoms with Crippen molar-refractivity contribution in [2.24, 2.45) is 0 Å². The highest BCUT2D eigenvalue weighted by Crippen LogP contribution is 2.34. The molecular formula is C23H25ClN4O. The Kier molecular flexibility index (Phi) is 5.09. The van der Waals surface area contributed by atoms with Crippen LogP contribution < -0.4 is 10.6 Å². The molecule has 0 radical (unpaired) electrons. The number of rotatable bonds is 2. The number of nitrogens with zero attached hydrogens (tertiary/aromatic N) is 3. The number of nitrogens with two attached hydrogens (primary N) is 1. The molecule has 0 saturated carbocycles. The van der Waals surface area contributed by atoms with Crippen LogP contribution in [0, 0.1) is 6.92 Å². The Balaban J connectivity index is 0.00000205. The van der Waals surface area contributed by atoms with Crippen LogP contribution in [0.2, 0.25) is 0 Å².